The molecule has 2 aliphatic rings. The minimum absolute atomic E-state index is 0.0235. The molecule has 2 aliphatic heterocycles. The van der Waals surface area contributed by atoms with Crippen LogP contribution in [0.15, 0.2) is 53.4 Å². The van der Waals surface area contributed by atoms with E-state index in [0.717, 1.165) is 12.8 Å². The SMILES string of the molecule is O=C(NS(=O)(=O)c1ccc(Oc2ccc(Cl)cc2)cc1)[C@@H]1C[C@@H]2CC[C@H]1N2.O=C(O)C(F)(F)F. The number of fused-ring (bicyclic) bond motifs is 2. The number of sulfonamides is 1. The molecule has 2 bridgehead atoms. The molecule has 2 saturated heterocycles. The van der Waals surface area contributed by atoms with Gasteiger partial charge in [-0.25, -0.2) is 17.9 Å². The summed E-state index contributed by atoms with van der Waals surface area (Å²) in [6.07, 6.45) is -2.42. The van der Waals surface area contributed by atoms with Crippen molar-refractivity contribution < 1.29 is 41.0 Å². The lowest BCUT2D eigenvalue weighted by Crippen LogP contribution is -2.40. The number of carbonyl (C=O) groups excluding carboxylic acids is 1. The summed E-state index contributed by atoms with van der Waals surface area (Å²) in [5, 5.41) is 11.1. The number of halogens is 4. The van der Waals surface area contributed by atoms with Crippen molar-refractivity contribution in [2.75, 3.05) is 0 Å². The Balaban J connectivity index is 0.000000406. The predicted octanol–water partition coefficient (Wildman–Crippen LogP) is 3.71. The number of carbonyl (C=O) groups is 2. The van der Waals surface area contributed by atoms with Crippen molar-refractivity contribution >= 4 is 33.5 Å². The number of aliphatic carboxylic acids is 1. The van der Waals surface area contributed by atoms with Gasteiger partial charge in [0.25, 0.3) is 10.0 Å². The number of carboxylic acid groups (broad SMARTS) is 1. The molecule has 34 heavy (non-hydrogen) atoms. The van der Waals surface area contributed by atoms with E-state index >= 15 is 0 Å². The largest absolute Gasteiger partial charge is 0.490 e. The fourth-order valence-corrected chi connectivity index (χ4v) is 4.86. The highest BCUT2D eigenvalue weighted by molar-refractivity contribution is 7.90. The van der Waals surface area contributed by atoms with Crippen molar-refractivity contribution in [2.24, 2.45) is 5.92 Å². The maximum Gasteiger partial charge on any atom is 0.490 e. The van der Waals surface area contributed by atoms with E-state index in [1.54, 1.807) is 36.4 Å². The molecule has 1 amide bonds. The van der Waals surface area contributed by atoms with Gasteiger partial charge in [0, 0.05) is 17.1 Å². The van der Waals surface area contributed by atoms with Crippen LogP contribution in [0.5, 0.6) is 11.5 Å². The number of alkyl halides is 3. The lowest BCUT2D eigenvalue weighted by atomic mass is 9.89. The summed E-state index contributed by atoms with van der Waals surface area (Å²) in [7, 11) is -3.91. The number of nitrogens with one attached hydrogen (secondary N) is 2. The molecule has 3 N–H and O–H groups in total. The summed E-state index contributed by atoms with van der Waals surface area (Å²) in [5.41, 5.74) is 0. The maximum absolute atomic E-state index is 12.5. The third-order valence-corrected chi connectivity index (χ3v) is 6.91. The molecule has 2 aromatic carbocycles. The van der Waals surface area contributed by atoms with Crippen molar-refractivity contribution in [3.63, 3.8) is 0 Å². The van der Waals surface area contributed by atoms with Gasteiger partial charge >= 0.3 is 12.1 Å². The van der Waals surface area contributed by atoms with E-state index in [1.807, 2.05) is 0 Å². The van der Waals surface area contributed by atoms with Crippen molar-refractivity contribution in [1.82, 2.24) is 10.0 Å². The van der Waals surface area contributed by atoms with Crippen LogP contribution < -0.4 is 14.8 Å². The Labute approximate surface area is 198 Å². The second kappa shape index (κ2) is 10.2. The molecule has 2 aromatic rings. The van der Waals surface area contributed by atoms with Gasteiger partial charge in [0.1, 0.15) is 11.5 Å². The molecule has 13 heteroatoms. The molecule has 0 aliphatic carbocycles. The Hall–Kier alpha value is -2.83. The van der Waals surface area contributed by atoms with E-state index in [9.17, 15) is 26.4 Å². The van der Waals surface area contributed by atoms with Crippen LogP contribution in [0.3, 0.4) is 0 Å². The Kier molecular flexibility index (Phi) is 7.74. The number of rotatable bonds is 5. The summed E-state index contributed by atoms with van der Waals surface area (Å²) in [4.78, 5) is 21.3. The summed E-state index contributed by atoms with van der Waals surface area (Å²) in [6.45, 7) is 0. The molecule has 0 radical (unpaired) electrons. The molecule has 0 aromatic heterocycles. The zero-order chi connectivity index (χ0) is 25.1. The van der Waals surface area contributed by atoms with Gasteiger partial charge in [-0.2, -0.15) is 13.2 Å². The van der Waals surface area contributed by atoms with Crippen LogP contribution in [-0.4, -0.2) is 43.7 Å². The van der Waals surface area contributed by atoms with Gasteiger partial charge in [-0.05, 0) is 67.8 Å². The number of hydrogen-bond acceptors (Lipinski definition) is 6. The second-order valence-corrected chi connectivity index (χ2v) is 9.81. The number of amides is 1. The first-order valence-electron chi connectivity index (χ1n) is 10.0. The average molecular weight is 521 g/mol. The van der Waals surface area contributed by atoms with Crippen LogP contribution in [0.1, 0.15) is 19.3 Å². The first-order valence-corrected chi connectivity index (χ1v) is 11.9. The van der Waals surface area contributed by atoms with E-state index in [-0.39, 0.29) is 16.9 Å². The van der Waals surface area contributed by atoms with Crippen molar-refractivity contribution in [3.05, 3.63) is 53.6 Å². The molecule has 2 heterocycles. The van der Waals surface area contributed by atoms with Gasteiger partial charge in [-0.15, -0.1) is 0 Å². The van der Waals surface area contributed by atoms with Gasteiger partial charge in [-0.1, -0.05) is 11.6 Å². The molecular formula is C21H20ClF3N2O6S. The minimum atomic E-state index is -5.08. The zero-order valence-electron chi connectivity index (χ0n) is 17.4. The van der Waals surface area contributed by atoms with Crippen molar-refractivity contribution in [3.8, 4) is 11.5 Å². The van der Waals surface area contributed by atoms with Crippen LogP contribution in [0, 0.1) is 5.92 Å². The van der Waals surface area contributed by atoms with E-state index in [4.69, 9.17) is 26.2 Å². The van der Waals surface area contributed by atoms with Gasteiger partial charge in [0.2, 0.25) is 5.91 Å². The second-order valence-electron chi connectivity index (χ2n) is 7.69. The Bertz CT molecular complexity index is 1140. The first kappa shape index (κ1) is 25.8. The lowest BCUT2D eigenvalue weighted by molar-refractivity contribution is -0.192. The first-order chi connectivity index (χ1) is 15.8. The maximum atomic E-state index is 12.5. The van der Waals surface area contributed by atoms with E-state index < -0.39 is 28.1 Å². The van der Waals surface area contributed by atoms with Gasteiger partial charge in [0.15, 0.2) is 0 Å². The van der Waals surface area contributed by atoms with Crippen molar-refractivity contribution in [1.29, 1.82) is 0 Å². The third kappa shape index (κ3) is 6.61. The summed E-state index contributed by atoms with van der Waals surface area (Å²) < 4.78 is 64.6. The fraction of sp³-hybridized carbons (Fsp3) is 0.333. The van der Waals surface area contributed by atoms with Crippen LogP contribution in [0.2, 0.25) is 5.02 Å². The molecule has 4 rings (SSSR count). The highest BCUT2D eigenvalue weighted by Gasteiger charge is 2.43. The molecule has 3 atom stereocenters. The molecule has 0 unspecified atom stereocenters. The zero-order valence-corrected chi connectivity index (χ0v) is 19.0. The van der Waals surface area contributed by atoms with Crippen LogP contribution >= 0.6 is 11.6 Å². The quantitative estimate of drug-likeness (QED) is 0.549. The van der Waals surface area contributed by atoms with E-state index in [0.29, 0.717) is 29.0 Å². The Morgan fingerprint density at radius 2 is 1.56 bits per heavy atom. The molecular weight excluding hydrogens is 501 g/mol. The van der Waals surface area contributed by atoms with Gasteiger partial charge < -0.3 is 15.2 Å². The van der Waals surface area contributed by atoms with Crippen LogP contribution in [0.4, 0.5) is 13.2 Å². The van der Waals surface area contributed by atoms with Crippen LogP contribution in [0.25, 0.3) is 0 Å². The minimum Gasteiger partial charge on any atom is -0.475 e. The normalized spacial score (nSPS) is 21.4. The highest BCUT2D eigenvalue weighted by Crippen LogP contribution is 2.33. The highest BCUT2D eigenvalue weighted by atomic mass is 35.5. The predicted molar refractivity (Wildman–Crippen MR) is 115 cm³/mol. The topological polar surface area (TPSA) is 122 Å². The summed E-state index contributed by atoms with van der Waals surface area (Å²) in [6, 6.07) is 13.2. The molecule has 184 valence electrons. The Morgan fingerprint density at radius 1 is 1.03 bits per heavy atom. The number of carboxylic acids is 1. The summed E-state index contributed by atoms with van der Waals surface area (Å²) in [5.74, 6) is -2.40. The standard InChI is InChI=1S/C19H19ClN2O4S.C2HF3O2/c20-12-1-4-14(5-2-12)26-15-6-8-16(9-7-15)27(24,25)22-19(23)17-11-13-3-10-18(17)21-13;3-2(4,5)1(6)7/h1-2,4-9,13,17-18,21H,3,10-11H2,(H,22,23);(H,6,7)/t13-,17+,18+;/m0./s1. The van der Waals surface area contributed by atoms with Gasteiger partial charge in [-0.3, -0.25) is 4.79 Å². The molecule has 0 saturated carbocycles. The number of hydrogen-bond donors (Lipinski definition) is 3. The lowest BCUT2D eigenvalue weighted by Gasteiger charge is -2.19. The summed E-state index contributed by atoms with van der Waals surface area (Å²) >= 11 is 5.83. The molecule has 2 fully saturated rings. The number of ether oxygens (including phenoxy) is 1. The smallest absolute Gasteiger partial charge is 0.475 e. The Morgan fingerprint density at radius 3 is 2.00 bits per heavy atom. The molecule has 0 spiro atoms. The fourth-order valence-electron chi connectivity index (χ4n) is 3.71. The van der Waals surface area contributed by atoms with Gasteiger partial charge in [0.05, 0.1) is 10.8 Å². The van der Waals surface area contributed by atoms with E-state index in [1.165, 1.54) is 12.1 Å². The average Bonchev–Trinajstić information content (AvgIpc) is 3.39. The molecule has 8 nitrogen and oxygen atoms in total. The van der Waals surface area contributed by atoms with Crippen molar-refractivity contribution in [2.45, 2.75) is 42.4 Å². The van der Waals surface area contributed by atoms with Crippen LogP contribution in [-0.2, 0) is 19.6 Å². The number of benzene rings is 2. The monoisotopic (exact) mass is 520 g/mol. The third-order valence-electron chi connectivity index (χ3n) is 5.30. The van der Waals surface area contributed by atoms with E-state index in [2.05, 4.69) is 10.0 Å².